The number of aryl methyl sites for hydroxylation is 2. The number of benzene rings is 1. The van der Waals surface area contributed by atoms with Gasteiger partial charge in [0.15, 0.2) is 0 Å². The summed E-state index contributed by atoms with van der Waals surface area (Å²) in [5, 5.41) is 0. The highest BCUT2D eigenvalue weighted by molar-refractivity contribution is 7.89. The molecule has 1 aromatic rings. The molecule has 2 rings (SSSR count). The Bertz CT molecular complexity index is 640. The number of hydrogen-bond donors (Lipinski definition) is 0. The van der Waals surface area contributed by atoms with Crippen LogP contribution in [0.3, 0.4) is 0 Å². The van der Waals surface area contributed by atoms with Gasteiger partial charge in [-0.15, -0.1) is 0 Å². The van der Waals surface area contributed by atoms with E-state index in [0.717, 1.165) is 11.1 Å². The topological polar surface area (TPSA) is 57.7 Å². The molecule has 0 spiro atoms. The molecule has 21 heavy (non-hydrogen) atoms. The van der Waals surface area contributed by atoms with Gasteiger partial charge in [-0.1, -0.05) is 12.1 Å². The van der Waals surface area contributed by atoms with Crippen molar-refractivity contribution in [1.82, 2.24) is 9.21 Å². The number of amides is 1. The Morgan fingerprint density at radius 2 is 1.81 bits per heavy atom. The third kappa shape index (κ3) is 3.44. The molecule has 0 saturated carbocycles. The van der Waals surface area contributed by atoms with Crippen LogP contribution in [0, 0.1) is 13.8 Å². The van der Waals surface area contributed by atoms with Crippen molar-refractivity contribution >= 4 is 15.9 Å². The summed E-state index contributed by atoms with van der Waals surface area (Å²) in [5.41, 5.74) is 1.69. The van der Waals surface area contributed by atoms with Crippen molar-refractivity contribution in [2.45, 2.75) is 32.1 Å². The molecule has 1 heterocycles. The summed E-state index contributed by atoms with van der Waals surface area (Å²) in [5.74, 6) is 0.000911. The minimum absolute atomic E-state index is 0.000911. The molecule has 5 nitrogen and oxygen atoms in total. The maximum Gasteiger partial charge on any atom is 0.243 e. The number of nitrogens with zero attached hydrogens (tertiary/aromatic N) is 2. The number of rotatable bonds is 2. The van der Waals surface area contributed by atoms with Crippen LogP contribution in [-0.4, -0.2) is 49.7 Å². The van der Waals surface area contributed by atoms with Gasteiger partial charge in [0.05, 0.1) is 4.90 Å². The zero-order valence-electron chi connectivity index (χ0n) is 12.8. The van der Waals surface area contributed by atoms with E-state index in [1.165, 1.54) is 11.2 Å². The lowest BCUT2D eigenvalue weighted by Gasteiger charge is -2.22. The van der Waals surface area contributed by atoms with Crippen LogP contribution in [0.25, 0.3) is 0 Å². The first-order valence-corrected chi connectivity index (χ1v) is 8.59. The summed E-state index contributed by atoms with van der Waals surface area (Å²) >= 11 is 0. The Hall–Kier alpha value is -1.40. The highest BCUT2D eigenvalue weighted by atomic mass is 32.2. The molecular weight excluding hydrogens is 288 g/mol. The summed E-state index contributed by atoms with van der Waals surface area (Å²) in [4.78, 5) is 13.5. The van der Waals surface area contributed by atoms with Crippen LogP contribution in [0.5, 0.6) is 0 Å². The normalized spacial score (nSPS) is 17.6. The van der Waals surface area contributed by atoms with Crippen molar-refractivity contribution in [3.05, 3.63) is 29.3 Å². The first kappa shape index (κ1) is 16.0. The van der Waals surface area contributed by atoms with Crippen LogP contribution in [-0.2, 0) is 14.8 Å². The minimum atomic E-state index is -3.49. The largest absolute Gasteiger partial charge is 0.342 e. The van der Waals surface area contributed by atoms with Gasteiger partial charge < -0.3 is 4.90 Å². The lowest BCUT2D eigenvalue weighted by atomic mass is 10.2. The molecule has 1 fully saturated rings. The highest BCUT2D eigenvalue weighted by Gasteiger charge is 2.28. The van der Waals surface area contributed by atoms with Gasteiger partial charge in [0, 0.05) is 33.1 Å². The molecule has 0 atom stereocenters. The van der Waals surface area contributed by atoms with Crippen LogP contribution < -0.4 is 0 Å². The molecular formula is C15H22N2O3S. The van der Waals surface area contributed by atoms with Crippen molar-refractivity contribution in [3.63, 3.8) is 0 Å². The van der Waals surface area contributed by atoms with Gasteiger partial charge in [-0.3, -0.25) is 4.79 Å². The fourth-order valence-electron chi connectivity index (χ4n) is 2.57. The fourth-order valence-corrected chi connectivity index (χ4v) is 4.35. The molecule has 0 aromatic heterocycles. The van der Waals surface area contributed by atoms with Crippen LogP contribution in [0.1, 0.15) is 24.5 Å². The minimum Gasteiger partial charge on any atom is -0.342 e. The van der Waals surface area contributed by atoms with E-state index in [-0.39, 0.29) is 5.91 Å². The number of sulfonamides is 1. The van der Waals surface area contributed by atoms with E-state index < -0.39 is 10.0 Å². The Morgan fingerprint density at radius 3 is 2.48 bits per heavy atom. The van der Waals surface area contributed by atoms with E-state index >= 15 is 0 Å². The van der Waals surface area contributed by atoms with Crippen molar-refractivity contribution in [1.29, 1.82) is 0 Å². The van der Waals surface area contributed by atoms with Crippen LogP contribution >= 0.6 is 0 Å². The Balaban J connectivity index is 2.27. The van der Waals surface area contributed by atoms with Gasteiger partial charge >= 0.3 is 0 Å². The Labute approximate surface area is 126 Å². The van der Waals surface area contributed by atoms with E-state index in [9.17, 15) is 13.2 Å². The van der Waals surface area contributed by atoms with Crippen LogP contribution in [0.2, 0.25) is 0 Å². The van der Waals surface area contributed by atoms with Gasteiger partial charge in [0.25, 0.3) is 0 Å². The van der Waals surface area contributed by atoms with Gasteiger partial charge in [0.1, 0.15) is 0 Å². The summed E-state index contributed by atoms with van der Waals surface area (Å²) in [6.45, 7) is 7.11. The maximum atomic E-state index is 12.8. The van der Waals surface area contributed by atoms with Crippen LogP contribution in [0.15, 0.2) is 23.1 Å². The molecule has 1 saturated heterocycles. The van der Waals surface area contributed by atoms with Gasteiger partial charge in [-0.25, -0.2) is 8.42 Å². The third-order valence-electron chi connectivity index (χ3n) is 3.86. The second kappa shape index (κ2) is 6.15. The lowest BCUT2D eigenvalue weighted by molar-refractivity contribution is -0.128. The summed E-state index contributed by atoms with van der Waals surface area (Å²) in [6.07, 6.45) is 0.670. The molecule has 116 valence electrons. The van der Waals surface area contributed by atoms with Gasteiger partial charge in [-0.2, -0.15) is 4.31 Å². The van der Waals surface area contributed by atoms with E-state index in [1.807, 2.05) is 26.0 Å². The van der Waals surface area contributed by atoms with Crippen molar-refractivity contribution in [2.75, 3.05) is 26.2 Å². The second-order valence-corrected chi connectivity index (χ2v) is 7.44. The highest BCUT2D eigenvalue weighted by Crippen LogP contribution is 2.22. The summed E-state index contributed by atoms with van der Waals surface area (Å²) in [7, 11) is -3.49. The number of carbonyl (C=O) groups is 1. The quantitative estimate of drug-likeness (QED) is 0.833. The van der Waals surface area contributed by atoms with E-state index in [0.29, 0.717) is 37.5 Å². The second-order valence-electron chi connectivity index (χ2n) is 5.53. The molecule has 0 aliphatic carbocycles. The molecule has 6 heteroatoms. The Morgan fingerprint density at radius 1 is 1.10 bits per heavy atom. The zero-order chi connectivity index (χ0) is 15.6. The standard InChI is InChI=1S/C15H22N2O3S/c1-12-5-6-13(2)15(11-12)21(19,20)17-8-4-7-16(9-10-17)14(3)18/h5-6,11H,4,7-10H2,1-3H3. The molecule has 1 amide bonds. The number of hydrogen-bond acceptors (Lipinski definition) is 3. The summed E-state index contributed by atoms with van der Waals surface area (Å²) in [6, 6.07) is 5.47. The van der Waals surface area contributed by atoms with E-state index in [4.69, 9.17) is 0 Å². The predicted molar refractivity (Wildman–Crippen MR) is 81.5 cm³/mol. The van der Waals surface area contributed by atoms with Gasteiger partial charge in [0.2, 0.25) is 15.9 Å². The first-order valence-electron chi connectivity index (χ1n) is 7.15. The maximum absolute atomic E-state index is 12.8. The SMILES string of the molecule is CC(=O)N1CCCN(S(=O)(=O)c2cc(C)ccc2C)CC1. The molecule has 1 aromatic carbocycles. The fraction of sp³-hybridized carbons (Fsp3) is 0.533. The van der Waals surface area contributed by atoms with E-state index in [1.54, 1.807) is 11.0 Å². The molecule has 0 unspecified atom stereocenters. The smallest absolute Gasteiger partial charge is 0.243 e. The average Bonchev–Trinajstić information content (AvgIpc) is 2.67. The van der Waals surface area contributed by atoms with Crippen molar-refractivity contribution in [2.24, 2.45) is 0 Å². The molecule has 1 aliphatic heterocycles. The lowest BCUT2D eigenvalue weighted by Crippen LogP contribution is -2.36. The average molecular weight is 310 g/mol. The first-order chi connectivity index (χ1) is 9.82. The zero-order valence-corrected chi connectivity index (χ0v) is 13.6. The van der Waals surface area contributed by atoms with Crippen molar-refractivity contribution < 1.29 is 13.2 Å². The predicted octanol–water partition coefficient (Wildman–Crippen LogP) is 1.55. The summed E-state index contributed by atoms with van der Waals surface area (Å²) < 4.78 is 27.1. The Kier molecular flexibility index (Phi) is 4.68. The molecule has 0 N–H and O–H groups in total. The molecule has 1 aliphatic rings. The van der Waals surface area contributed by atoms with E-state index in [2.05, 4.69) is 0 Å². The third-order valence-corrected chi connectivity index (χ3v) is 5.90. The number of carbonyl (C=O) groups excluding carboxylic acids is 1. The monoisotopic (exact) mass is 310 g/mol. The van der Waals surface area contributed by atoms with Crippen molar-refractivity contribution in [3.8, 4) is 0 Å². The molecule has 0 radical (unpaired) electrons. The van der Waals surface area contributed by atoms with Gasteiger partial charge in [-0.05, 0) is 37.5 Å². The molecule has 0 bridgehead atoms. The van der Waals surface area contributed by atoms with Crippen LogP contribution in [0.4, 0.5) is 0 Å².